The Morgan fingerprint density at radius 1 is 1.19 bits per heavy atom. The Kier molecular flexibility index (Phi) is 6.20. The Balaban J connectivity index is 1.60. The van der Waals surface area contributed by atoms with Crippen molar-refractivity contribution in [2.45, 2.75) is 37.1 Å². The summed E-state index contributed by atoms with van der Waals surface area (Å²) in [5, 5.41) is 11.4. The van der Waals surface area contributed by atoms with Gasteiger partial charge in [-0.1, -0.05) is 36.4 Å². The maximum absolute atomic E-state index is 13.5. The topological polar surface area (TPSA) is 88.1 Å². The fourth-order valence-electron chi connectivity index (χ4n) is 4.49. The number of carbonyl (C=O) groups is 2. The van der Waals surface area contributed by atoms with Crippen LogP contribution in [0.3, 0.4) is 0 Å². The predicted octanol–water partition coefficient (Wildman–Crippen LogP) is 2.74. The van der Waals surface area contributed by atoms with Crippen LogP contribution < -0.4 is 5.32 Å². The number of nitrogens with one attached hydrogen (secondary N) is 1. The number of fused-ring (bicyclic) bond motifs is 1. The van der Waals surface area contributed by atoms with Crippen molar-refractivity contribution in [1.82, 2.24) is 10.2 Å². The number of nitrogens with zero attached hydrogens (tertiary/aromatic N) is 1. The molecule has 8 heteroatoms. The second kappa shape index (κ2) is 9.03. The zero-order valence-electron chi connectivity index (χ0n) is 17.2. The number of benzene rings is 2. The molecule has 2 N–H and O–H groups in total. The van der Waals surface area contributed by atoms with E-state index in [4.69, 9.17) is 14.6 Å². The van der Waals surface area contributed by atoms with Gasteiger partial charge in [0, 0.05) is 20.1 Å². The summed E-state index contributed by atoms with van der Waals surface area (Å²) in [4.78, 5) is 26.3. The molecule has 1 fully saturated rings. The Hall–Kier alpha value is -2.97. The number of carbonyl (C=O) groups excluding carboxylic acids is 1. The Bertz CT molecular complexity index is 951. The van der Waals surface area contributed by atoms with Crippen LogP contribution >= 0.6 is 0 Å². The third kappa shape index (κ3) is 4.40. The first-order chi connectivity index (χ1) is 15.0. The quantitative estimate of drug-likeness (QED) is 0.782. The highest BCUT2D eigenvalue weighted by Crippen LogP contribution is 2.36. The highest BCUT2D eigenvalue weighted by molar-refractivity contribution is 5.82. The van der Waals surface area contributed by atoms with Gasteiger partial charge in [0.05, 0.1) is 24.8 Å². The number of methoxy groups -OCH3 is 1. The molecule has 0 radical (unpaired) electrons. The largest absolute Gasteiger partial charge is 0.465 e. The molecule has 2 aromatic carbocycles. The number of amides is 2. The minimum Gasteiger partial charge on any atom is -0.465 e. The smallest absolute Gasteiger partial charge is 0.405 e. The summed E-state index contributed by atoms with van der Waals surface area (Å²) in [6.07, 6.45) is -1.42. The Morgan fingerprint density at radius 3 is 2.65 bits per heavy atom. The van der Waals surface area contributed by atoms with Gasteiger partial charge >= 0.3 is 6.09 Å². The molecule has 0 unspecified atom stereocenters. The first kappa shape index (κ1) is 21.3. The first-order valence-electron chi connectivity index (χ1n) is 10.3. The standard InChI is InChI=1S/C23H25FN2O5/c1-30-19-12-20(31-13-18(19)25-23(28)29)22(27)26-11-10-14-4-2-3-5-17(14)21(26)15-6-8-16(24)9-7-15/h2-9,18-21,25H,10-13H2,1H3,(H,28,29)/t18-,19+,20-,21+/m1/s1. The van der Waals surface area contributed by atoms with E-state index >= 15 is 0 Å². The lowest BCUT2D eigenvalue weighted by Crippen LogP contribution is -2.56. The molecule has 2 aliphatic rings. The van der Waals surface area contributed by atoms with E-state index in [1.807, 2.05) is 24.3 Å². The minimum absolute atomic E-state index is 0.0485. The van der Waals surface area contributed by atoms with Crippen LogP contribution in [0.2, 0.25) is 0 Å². The third-order valence-corrected chi connectivity index (χ3v) is 6.01. The van der Waals surface area contributed by atoms with Crippen molar-refractivity contribution in [3.8, 4) is 0 Å². The molecule has 7 nitrogen and oxygen atoms in total. The number of hydrogen-bond acceptors (Lipinski definition) is 4. The van der Waals surface area contributed by atoms with Crippen LogP contribution in [0.1, 0.15) is 29.2 Å². The molecule has 0 spiro atoms. The Labute approximate surface area is 179 Å². The van der Waals surface area contributed by atoms with E-state index in [0.717, 1.165) is 16.7 Å². The zero-order valence-corrected chi connectivity index (χ0v) is 17.2. The van der Waals surface area contributed by atoms with Crippen LogP contribution in [-0.2, 0) is 20.7 Å². The predicted molar refractivity (Wildman–Crippen MR) is 110 cm³/mol. The molecule has 0 saturated carbocycles. The summed E-state index contributed by atoms with van der Waals surface area (Å²) in [6, 6.07) is 13.3. The molecule has 4 rings (SSSR count). The molecule has 0 aromatic heterocycles. The molecule has 2 heterocycles. The molecule has 2 aromatic rings. The highest BCUT2D eigenvalue weighted by atomic mass is 19.1. The number of rotatable bonds is 4. The molecule has 164 valence electrons. The zero-order chi connectivity index (χ0) is 22.0. The number of halogens is 1. The SMILES string of the molecule is CO[C@H]1C[C@H](C(=O)N2CCc3ccccc3[C@@H]2c2ccc(F)cc2)OC[C@H]1NC(=O)O. The molecule has 31 heavy (non-hydrogen) atoms. The molecular weight excluding hydrogens is 403 g/mol. The van der Waals surface area contributed by atoms with E-state index in [1.165, 1.54) is 19.2 Å². The molecule has 2 amide bonds. The number of ether oxygens (including phenoxy) is 2. The van der Waals surface area contributed by atoms with Gasteiger partial charge in [-0.2, -0.15) is 0 Å². The van der Waals surface area contributed by atoms with Crippen LogP contribution in [0, 0.1) is 5.82 Å². The summed E-state index contributed by atoms with van der Waals surface area (Å²) < 4.78 is 24.8. The van der Waals surface area contributed by atoms with Crippen LogP contribution in [0.15, 0.2) is 48.5 Å². The molecule has 1 saturated heterocycles. The fourth-order valence-corrected chi connectivity index (χ4v) is 4.49. The molecule has 0 aliphatic carbocycles. The molecule has 2 aliphatic heterocycles. The van der Waals surface area contributed by atoms with Crippen molar-refractivity contribution >= 4 is 12.0 Å². The third-order valence-electron chi connectivity index (χ3n) is 6.01. The van der Waals surface area contributed by atoms with Gasteiger partial charge in [0.15, 0.2) is 0 Å². The minimum atomic E-state index is -1.16. The summed E-state index contributed by atoms with van der Waals surface area (Å²) in [5.74, 6) is -0.513. The maximum atomic E-state index is 13.5. The van der Waals surface area contributed by atoms with Gasteiger partial charge in [0.2, 0.25) is 0 Å². The summed E-state index contributed by atoms with van der Waals surface area (Å²) >= 11 is 0. The van der Waals surface area contributed by atoms with Gasteiger partial charge in [0.1, 0.15) is 11.9 Å². The second-order valence-electron chi connectivity index (χ2n) is 7.82. The van der Waals surface area contributed by atoms with E-state index in [9.17, 15) is 14.0 Å². The highest BCUT2D eigenvalue weighted by Gasteiger charge is 2.41. The van der Waals surface area contributed by atoms with Crippen LogP contribution in [-0.4, -0.2) is 60.5 Å². The summed E-state index contributed by atoms with van der Waals surface area (Å²) in [6.45, 7) is 0.555. The van der Waals surface area contributed by atoms with Crippen molar-refractivity contribution in [1.29, 1.82) is 0 Å². The fraction of sp³-hybridized carbons (Fsp3) is 0.391. The van der Waals surface area contributed by atoms with Crippen LogP contribution in [0.25, 0.3) is 0 Å². The number of hydrogen-bond donors (Lipinski definition) is 2. The van der Waals surface area contributed by atoms with Crippen LogP contribution in [0.5, 0.6) is 0 Å². The van der Waals surface area contributed by atoms with Gasteiger partial charge in [-0.25, -0.2) is 9.18 Å². The van der Waals surface area contributed by atoms with Crippen molar-refractivity contribution in [3.05, 3.63) is 71.0 Å². The summed E-state index contributed by atoms with van der Waals surface area (Å²) in [5.41, 5.74) is 3.00. The van der Waals surface area contributed by atoms with E-state index in [-0.39, 0.29) is 30.8 Å². The van der Waals surface area contributed by atoms with E-state index in [1.54, 1.807) is 17.0 Å². The van der Waals surface area contributed by atoms with Crippen molar-refractivity contribution in [2.24, 2.45) is 0 Å². The monoisotopic (exact) mass is 428 g/mol. The first-order valence-corrected chi connectivity index (χ1v) is 10.3. The van der Waals surface area contributed by atoms with Gasteiger partial charge in [-0.3, -0.25) is 4.79 Å². The summed E-state index contributed by atoms with van der Waals surface area (Å²) in [7, 11) is 1.49. The number of carboxylic acid groups (broad SMARTS) is 1. The molecule has 0 bridgehead atoms. The van der Waals surface area contributed by atoms with Crippen LogP contribution in [0.4, 0.5) is 9.18 Å². The molecule has 4 atom stereocenters. The van der Waals surface area contributed by atoms with Crippen molar-refractivity contribution in [3.63, 3.8) is 0 Å². The van der Waals surface area contributed by atoms with Gasteiger partial charge < -0.3 is 24.8 Å². The van der Waals surface area contributed by atoms with Gasteiger partial charge in [0.25, 0.3) is 5.91 Å². The molecular formula is C23H25FN2O5. The van der Waals surface area contributed by atoms with E-state index in [0.29, 0.717) is 13.0 Å². The van der Waals surface area contributed by atoms with Crippen molar-refractivity contribution in [2.75, 3.05) is 20.3 Å². The lowest BCUT2D eigenvalue weighted by atomic mass is 9.87. The van der Waals surface area contributed by atoms with E-state index in [2.05, 4.69) is 5.32 Å². The maximum Gasteiger partial charge on any atom is 0.405 e. The second-order valence-corrected chi connectivity index (χ2v) is 7.82. The van der Waals surface area contributed by atoms with Crippen molar-refractivity contribution < 1.29 is 28.6 Å². The lowest BCUT2D eigenvalue weighted by molar-refractivity contribution is -0.156. The van der Waals surface area contributed by atoms with Gasteiger partial charge in [-0.05, 0) is 35.2 Å². The van der Waals surface area contributed by atoms with Gasteiger partial charge in [-0.15, -0.1) is 0 Å². The average Bonchev–Trinajstić information content (AvgIpc) is 2.78. The average molecular weight is 428 g/mol. The normalized spacial score (nSPS) is 25.5. The Morgan fingerprint density at radius 2 is 1.94 bits per heavy atom. The lowest BCUT2D eigenvalue weighted by Gasteiger charge is -2.41. The van der Waals surface area contributed by atoms with E-state index < -0.39 is 24.3 Å².